The van der Waals surface area contributed by atoms with Crippen molar-refractivity contribution in [1.82, 2.24) is 9.97 Å². The molecule has 0 aliphatic heterocycles. The number of nitro benzene ring substituents is 1. The van der Waals surface area contributed by atoms with E-state index in [0.717, 1.165) is 25.8 Å². The van der Waals surface area contributed by atoms with Gasteiger partial charge in [-0.05, 0) is 65.2 Å². The fourth-order valence-electron chi connectivity index (χ4n) is 4.23. The summed E-state index contributed by atoms with van der Waals surface area (Å²) >= 11 is 10.7. The molecule has 4 aromatic carbocycles. The number of thiazole rings is 1. The van der Waals surface area contributed by atoms with E-state index in [1.807, 2.05) is 72.8 Å². The summed E-state index contributed by atoms with van der Waals surface area (Å²) in [6, 6.07) is 34.7. The standard InChI is InChI=1S/C32H21ClN4O2S3/c33-24-12-10-23(11-13-24)31(22-6-2-1-3-7-22)42-32-36-26-15-14-25(19-29(26)41-32)35-20-21-9-16-28(27(18-21)37(38)39)40-30-8-4-5-17-34-30/h1-20,31H/t31-/m0/s1. The van der Waals surface area contributed by atoms with E-state index >= 15 is 0 Å². The highest BCUT2D eigenvalue weighted by Crippen LogP contribution is 2.44. The van der Waals surface area contributed by atoms with Crippen molar-refractivity contribution in [1.29, 1.82) is 0 Å². The Kier molecular flexibility index (Phi) is 8.62. The first kappa shape index (κ1) is 28.1. The Hall–Kier alpha value is -4.02. The predicted octanol–water partition coefficient (Wildman–Crippen LogP) is 10.0. The number of thioether (sulfide) groups is 1. The Balaban J connectivity index is 1.23. The van der Waals surface area contributed by atoms with Crippen molar-refractivity contribution >= 4 is 74.3 Å². The van der Waals surface area contributed by atoms with Crippen LogP contribution in [0, 0.1) is 10.1 Å². The van der Waals surface area contributed by atoms with E-state index in [1.54, 1.807) is 41.6 Å². The second-order valence-electron chi connectivity index (χ2n) is 9.10. The molecule has 2 heterocycles. The molecule has 6 aromatic rings. The van der Waals surface area contributed by atoms with Crippen LogP contribution in [0.1, 0.15) is 21.9 Å². The first-order valence-electron chi connectivity index (χ1n) is 12.8. The molecule has 0 aliphatic rings. The first-order valence-corrected chi connectivity index (χ1v) is 15.7. The molecule has 0 bridgehead atoms. The molecule has 42 heavy (non-hydrogen) atoms. The number of benzene rings is 4. The molecule has 0 fully saturated rings. The van der Waals surface area contributed by atoms with Crippen molar-refractivity contribution < 1.29 is 4.92 Å². The normalized spacial score (nSPS) is 12.1. The molecule has 0 N–H and O–H groups in total. The number of hydrogen-bond acceptors (Lipinski definition) is 8. The Morgan fingerprint density at radius 3 is 2.45 bits per heavy atom. The molecule has 2 aromatic heterocycles. The topological polar surface area (TPSA) is 81.3 Å². The number of nitro groups is 1. The van der Waals surface area contributed by atoms with Crippen molar-refractivity contribution in [3.8, 4) is 0 Å². The summed E-state index contributed by atoms with van der Waals surface area (Å²) < 4.78 is 1.97. The summed E-state index contributed by atoms with van der Waals surface area (Å²) in [5, 5.41) is 13.2. The lowest BCUT2D eigenvalue weighted by Gasteiger charge is -2.16. The maximum atomic E-state index is 11.8. The number of nitrogens with zero attached hydrogens (tertiary/aromatic N) is 4. The number of fused-ring (bicyclic) bond motifs is 1. The highest BCUT2D eigenvalue weighted by Gasteiger charge is 2.19. The molecule has 0 aliphatic carbocycles. The van der Waals surface area contributed by atoms with E-state index in [9.17, 15) is 10.1 Å². The number of pyridine rings is 1. The van der Waals surface area contributed by atoms with Crippen molar-refractivity contribution in [2.45, 2.75) is 19.5 Å². The van der Waals surface area contributed by atoms with E-state index in [0.29, 0.717) is 20.5 Å². The second-order valence-corrected chi connectivity index (χ2v) is 13.0. The highest BCUT2D eigenvalue weighted by atomic mass is 35.5. The van der Waals surface area contributed by atoms with Gasteiger partial charge in [0, 0.05) is 23.5 Å². The third-order valence-electron chi connectivity index (χ3n) is 6.24. The summed E-state index contributed by atoms with van der Waals surface area (Å²) in [6.45, 7) is 0. The lowest BCUT2D eigenvalue weighted by Crippen LogP contribution is -1.96. The first-order chi connectivity index (χ1) is 20.5. The van der Waals surface area contributed by atoms with Gasteiger partial charge in [0.1, 0.15) is 5.03 Å². The smallest absolute Gasteiger partial charge is 0.258 e. The summed E-state index contributed by atoms with van der Waals surface area (Å²) in [7, 11) is 0. The largest absolute Gasteiger partial charge is 0.283 e. The Morgan fingerprint density at radius 2 is 1.69 bits per heavy atom. The minimum absolute atomic E-state index is 0.0165. The molecular formula is C32H21ClN4O2S3. The van der Waals surface area contributed by atoms with Crippen molar-refractivity contribution in [2.24, 2.45) is 4.99 Å². The molecule has 10 heteroatoms. The average Bonchev–Trinajstić information content (AvgIpc) is 3.42. The number of rotatable bonds is 9. The maximum Gasteiger partial charge on any atom is 0.283 e. The van der Waals surface area contributed by atoms with Crippen LogP contribution in [0.25, 0.3) is 10.2 Å². The number of hydrogen-bond donors (Lipinski definition) is 0. The van der Waals surface area contributed by atoms with Gasteiger partial charge in [-0.15, -0.1) is 11.3 Å². The molecular weight excluding hydrogens is 604 g/mol. The molecule has 6 nitrogen and oxygen atoms in total. The van der Waals surface area contributed by atoms with Crippen LogP contribution < -0.4 is 0 Å². The molecule has 0 spiro atoms. The van der Waals surface area contributed by atoms with Gasteiger partial charge < -0.3 is 0 Å². The zero-order chi connectivity index (χ0) is 28.9. The zero-order valence-electron chi connectivity index (χ0n) is 21.8. The van der Waals surface area contributed by atoms with Crippen molar-refractivity contribution in [3.63, 3.8) is 0 Å². The lowest BCUT2D eigenvalue weighted by atomic mass is 10.0. The number of aliphatic imine (C=N–C) groups is 1. The van der Waals surface area contributed by atoms with Crippen LogP contribution in [0.15, 0.2) is 135 Å². The zero-order valence-corrected chi connectivity index (χ0v) is 25.0. The van der Waals surface area contributed by atoms with Gasteiger partial charge in [0.15, 0.2) is 4.34 Å². The molecule has 0 saturated carbocycles. The highest BCUT2D eigenvalue weighted by molar-refractivity contribution is 8.01. The fraction of sp³-hybridized carbons (Fsp3) is 0.0312. The lowest BCUT2D eigenvalue weighted by molar-refractivity contribution is -0.387. The molecule has 1 atom stereocenters. The van der Waals surface area contributed by atoms with Crippen molar-refractivity contribution in [2.75, 3.05) is 0 Å². The molecule has 6 rings (SSSR count). The minimum atomic E-state index is -0.377. The number of aromatic nitrogens is 2. The molecule has 0 unspecified atom stereocenters. The monoisotopic (exact) mass is 624 g/mol. The molecule has 0 amide bonds. The van der Waals surface area contributed by atoms with E-state index in [4.69, 9.17) is 16.6 Å². The van der Waals surface area contributed by atoms with Gasteiger partial charge in [0.25, 0.3) is 5.69 Å². The summed E-state index contributed by atoms with van der Waals surface area (Å²) in [6.07, 6.45) is 3.31. The summed E-state index contributed by atoms with van der Waals surface area (Å²) in [5.41, 5.74) is 4.64. The van der Waals surface area contributed by atoms with Crippen LogP contribution in [0.5, 0.6) is 0 Å². The van der Waals surface area contributed by atoms with Crippen LogP contribution in [0.2, 0.25) is 5.02 Å². The van der Waals surface area contributed by atoms with Gasteiger partial charge in [-0.1, -0.05) is 89.7 Å². The SMILES string of the molecule is O=[N+]([O-])c1cc(C=Nc2ccc3nc(S[C@@H](c4ccccc4)c4ccc(Cl)cc4)sc3c2)ccc1Sc1ccccn1. The summed E-state index contributed by atoms with van der Waals surface area (Å²) in [5.74, 6) is 0. The van der Waals surface area contributed by atoms with Gasteiger partial charge in [-0.3, -0.25) is 15.1 Å². The Bertz CT molecular complexity index is 1880. The van der Waals surface area contributed by atoms with Crippen LogP contribution in [0.4, 0.5) is 11.4 Å². The Morgan fingerprint density at radius 1 is 0.905 bits per heavy atom. The van der Waals surface area contributed by atoms with E-state index in [1.165, 1.54) is 23.4 Å². The fourth-order valence-corrected chi connectivity index (χ4v) is 7.64. The average molecular weight is 625 g/mol. The molecule has 206 valence electrons. The van der Waals surface area contributed by atoms with Gasteiger partial charge >= 0.3 is 0 Å². The number of halogens is 1. The minimum Gasteiger partial charge on any atom is -0.258 e. The Labute approximate surface area is 259 Å². The van der Waals surface area contributed by atoms with Crippen LogP contribution >= 0.6 is 46.5 Å². The maximum absolute atomic E-state index is 11.8. The predicted molar refractivity (Wildman–Crippen MR) is 174 cm³/mol. The van der Waals surface area contributed by atoms with Gasteiger partial charge in [0.2, 0.25) is 0 Å². The van der Waals surface area contributed by atoms with E-state index < -0.39 is 0 Å². The van der Waals surface area contributed by atoms with Crippen molar-refractivity contribution in [3.05, 3.63) is 147 Å². The van der Waals surface area contributed by atoms with Gasteiger partial charge in [-0.25, -0.2) is 9.97 Å². The summed E-state index contributed by atoms with van der Waals surface area (Å²) in [4.78, 5) is 25.7. The van der Waals surface area contributed by atoms with Gasteiger partial charge in [0.05, 0.1) is 31.0 Å². The van der Waals surface area contributed by atoms with E-state index in [2.05, 4.69) is 34.2 Å². The van der Waals surface area contributed by atoms with Crippen LogP contribution in [-0.2, 0) is 0 Å². The quantitative estimate of drug-likeness (QED) is 0.0689. The third-order valence-corrected chi connectivity index (χ3v) is 9.93. The van der Waals surface area contributed by atoms with E-state index in [-0.39, 0.29) is 15.9 Å². The van der Waals surface area contributed by atoms with Crippen LogP contribution in [-0.4, -0.2) is 21.1 Å². The second kappa shape index (κ2) is 12.9. The third kappa shape index (κ3) is 6.71. The van der Waals surface area contributed by atoms with Crippen LogP contribution in [0.3, 0.4) is 0 Å². The molecule has 0 radical (unpaired) electrons. The van der Waals surface area contributed by atoms with Gasteiger partial charge in [-0.2, -0.15) is 0 Å². The molecule has 0 saturated heterocycles.